The second-order valence-electron chi connectivity index (χ2n) is 3.56. The minimum absolute atomic E-state index is 0.230. The van der Waals surface area contributed by atoms with Gasteiger partial charge in [-0.3, -0.25) is 0 Å². The molecule has 0 radical (unpaired) electrons. The maximum absolute atomic E-state index is 12.7. The van der Waals surface area contributed by atoms with Gasteiger partial charge in [-0.25, -0.2) is 8.78 Å². The number of hydrogen-bond acceptors (Lipinski definition) is 1. The Hall–Kier alpha value is -0.960. The molecule has 1 atom stereocenters. The highest BCUT2D eigenvalue weighted by Crippen LogP contribution is 2.28. The molecule has 1 rings (SSSR count). The molecule has 78 valence electrons. The molecule has 0 heterocycles. The van der Waals surface area contributed by atoms with Gasteiger partial charge in [0, 0.05) is 0 Å². The Morgan fingerprint density at radius 2 is 1.79 bits per heavy atom. The van der Waals surface area contributed by atoms with Gasteiger partial charge in [0.25, 0.3) is 6.43 Å². The van der Waals surface area contributed by atoms with E-state index in [1.807, 2.05) is 6.92 Å². The summed E-state index contributed by atoms with van der Waals surface area (Å²) in [6, 6.07) is 6.94. The molecule has 1 aromatic rings. The molecule has 1 aromatic carbocycles. The molecule has 2 N–H and O–H groups in total. The van der Waals surface area contributed by atoms with Crippen LogP contribution < -0.4 is 5.73 Å². The van der Waals surface area contributed by atoms with Crippen LogP contribution in [-0.4, -0.2) is 6.43 Å². The molecule has 0 aliphatic rings. The van der Waals surface area contributed by atoms with E-state index >= 15 is 0 Å². The molecule has 0 aromatic heterocycles. The summed E-state index contributed by atoms with van der Waals surface area (Å²) in [5.74, 6) is 0. The van der Waals surface area contributed by atoms with Crippen LogP contribution in [0.5, 0.6) is 0 Å². The zero-order valence-electron chi connectivity index (χ0n) is 8.43. The van der Waals surface area contributed by atoms with Gasteiger partial charge in [-0.2, -0.15) is 0 Å². The molecule has 0 fully saturated rings. The Labute approximate surface area is 82.9 Å². The van der Waals surface area contributed by atoms with Crippen molar-refractivity contribution in [1.29, 1.82) is 0 Å². The van der Waals surface area contributed by atoms with Gasteiger partial charge in [-0.1, -0.05) is 36.8 Å². The molecule has 0 spiro atoms. The highest BCUT2D eigenvalue weighted by atomic mass is 19.3. The number of benzene rings is 1. The third-order valence-electron chi connectivity index (χ3n) is 2.56. The van der Waals surface area contributed by atoms with Crippen molar-refractivity contribution in [1.82, 2.24) is 0 Å². The predicted octanol–water partition coefficient (Wildman–Crippen LogP) is 2.82. The van der Waals surface area contributed by atoms with Crippen LogP contribution in [0.15, 0.2) is 24.3 Å². The SMILES string of the molecule is CCC(N)(c1ccc(C)cc1)C(F)F. The van der Waals surface area contributed by atoms with Crippen LogP contribution in [0.25, 0.3) is 0 Å². The molecule has 0 saturated carbocycles. The summed E-state index contributed by atoms with van der Waals surface area (Å²) in [6.07, 6.45) is -2.30. The van der Waals surface area contributed by atoms with E-state index in [-0.39, 0.29) is 6.42 Å². The minimum Gasteiger partial charge on any atom is -0.317 e. The number of aryl methyl sites for hydroxylation is 1. The Bertz CT molecular complexity index is 295. The van der Waals surface area contributed by atoms with E-state index < -0.39 is 12.0 Å². The van der Waals surface area contributed by atoms with Crippen molar-refractivity contribution in [3.63, 3.8) is 0 Å². The first-order valence-electron chi connectivity index (χ1n) is 4.65. The van der Waals surface area contributed by atoms with E-state index in [2.05, 4.69) is 0 Å². The number of rotatable bonds is 3. The Morgan fingerprint density at radius 3 is 2.14 bits per heavy atom. The van der Waals surface area contributed by atoms with Crippen LogP contribution in [-0.2, 0) is 5.54 Å². The van der Waals surface area contributed by atoms with Gasteiger partial charge in [-0.05, 0) is 18.9 Å². The standard InChI is InChI=1S/C11H15F2N/c1-3-11(14,10(12)13)9-6-4-8(2)5-7-9/h4-7,10H,3,14H2,1-2H3. The van der Waals surface area contributed by atoms with E-state index in [4.69, 9.17) is 5.73 Å². The maximum atomic E-state index is 12.7. The van der Waals surface area contributed by atoms with Crippen molar-refractivity contribution in [3.05, 3.63) is 35.4 Å². The van der Waals surface area contributed by atoms with Crippen molar-refractivity contribution in [2.75, 3.05) is 0 Å². The minimum atomic E-state index is -2.53. The summed E-state index contributed by atoms with van der Waals surface area (Å²) >= 11 is 0. The van der Waals surface area contributed by atoms with Crippen molar-refractivity contribution in [2.24, 2.45) is 5.73 Å². The lowest BCUT2D eigenvalue weighted by molar-refractivity contribution is 0.0494. The van der Waals surface area contributed by atoms with Crippen LogP contribution >= 0.6 is 0 Å². The first-order valence-corrected chi connectivity index (χ1v) is 4.65. The average Bonchev–Trinajstić information content (AvgIpc) is 2.17. The summed E-state index contributed by atoms with van der Waals surface area (Å²) in [5, 5.41) is 0. The maximum Gasteiger partial charge on any atom is 0.260 e. The van der Waals surface area contributed by atoms with Crippen molar-refractivity contribution >= 4 is 0 Å². The van der Waals surface area contributed by atoms with Crippen molar-refractivity contribution in [2.45, 2.75) is 32.2 Å². The third-order valence-corrected chi connectivity index (χ3v) is 2.56. The molecule has 0 amide bonds. The van der Waals surface area contributed by atoms with Gasteiger partial charge in [-0.15, -0.1) is 0 Å². The Balaban J connectivity index is 3.06. The third kappa shape index (κ3) is 1.93. The van der Waals surface area contributed by atoms with Gasteiger partial charge in [0.1, 0.15) is 5.54 Å². The smallest absolute Gasteiger partial charge is 0.260 e. The lowest BCUT2D eigenvalue weighted by Gasteiger charge is -2.27. The Morgan fingerprint density at radius 1 is 1.29 bits per heavy atom. The average molecular weight is 199 g/mol. The highest BCUT2D eigenvalue weighted by Gasteiger charge is 2.35. The molecular weight excluding hydrogens is 184 g/mol. The van der Waals surface area contributed by atoms with Gasteiger partial charge < -0.3 is 5.73 Å². The van der Waals surface area contributed by atoms with Crippen LogP contribution in [0.2, 0.25) is 0 Å². The van der Waals surface area contributed by atoms with Gasteiger partial charge in [0.05, 0.1) is 0 Å². The monoisotopic (exact) mass is 199 g/mol. The zero-order chi connectivity index (χ0) is 10.8. The first-order chi connectivity index (χ1) is 6.50. The molecule has 0 aliphatic heterocycles. The summed E-state index contributed by atoms with van der Waals surface area (Å²) in [7, 11) is 0. The summed E-state index contributed by atoms with van der Waals surface area (Å²) in [5.41, 5.74) is 5.70. The summed E-state index contributed by atoms with van der Waals surface area (Å²) < 4.78 is 25.5. The molecule has 3 heteroatoms. The largest absolute Gasteiger partial charge is 0.317 e. The van der Waals surface area contributed by atoms with Crippen molar-refractivity contribution < 1.29 is 8.78 Å². The van der Waals surface area contributed by atoms with E-state index in [1.165, 1.54) is 0 Å². The van der Waals surface area contributed by atoms with Gasteiger partial charge in [0.15, 0.2) is 0 Å². The lowest BCUT2D eigenvalue weighted by Crippen LogP contribution is -2.43. The molecule has 0 saturated heterocycles. The zero-order valence-corrected chi connectivity index (χ0v) is 8.43. The molecule has 0 bridgehead atoms. The van der Waals surface area contributed by atoms with E-state index in [0.29, 0.717) is 5.56 Å². The lowest BCUT2D eigenvalue weighted by atomic mass is 9.88. The number of hydrogen-bond donors (Lipinski definition) is 1. The van der Waals surface area contributed by atoms with Crippen LogP contribution in [0.4, 0.5) is 8.78 Å². The van der Waals surface area contributed by atoms with E-state index in [0.717, 1.165) is 5.56 Å². The predicted molar refractivity (Wildman–Crippen MR) is 53.3 cm³/mol. The van der Waals surface area contributed by atoms with Crippen LogP contribution in [0, 0.1) is 6.92 Å². The fourth-order valence-electron chi connectivity index (χ4n) is 1.35. The summed E-state index contributed by atoms with van der Waals surface area (Å²) in [4.78, 5) is 0. The molecule has 0 aliphatic carbocycles. The van der Waals surface area contributed by atoms with E-state index in [9.17, 15) is 8.78 Å². The topological polar surface area (TPSA) is 26.0 Å². The quantitative estimate of drug-likeness (QED) is 0.795. The fourth-order valence-corrected chi connectivity index (χ4v) is 1.35. The number of nitrogens with two attached hydrogens (primary N) is 1. The second-order valence-corrected chi connectivity index (χ2v) is 3.56. The van der Waals surface area contributed by atoms with Crippen LogP contribution in [0.3, 0.4) is 0 Å². The highest BCUT2D eigenvalue weighted by molar-refractivity contribution is 5.28. The normalized spacial score (nSPS) is 15.6. The summed E-state index contributed by atoms with van der Waals surface area (Å²) in [6.45, 7) is 3.59. The molecular formula is C11H15F2N. The first kappa shape index (κ1) is 11.1. The number of alkyl halides is 2. The fraction of sp³-hybridized carbons (Fsp3) is 0.455. The molecule has 14 heavy (non-hydrogen) atoms. The Kier molecular flexibility index (Phi) is 3.21. The van der Waals surface area contributed by atoms with Gasteiger partial charge in [0.2, 0.25) is 0 Å². The van der Waals surface area contributed by atoms with Gasteiger partial charge >= 0.3 is 0 Å². The van der Waals surface area contributed by atoms with Crippen LogP contribution in [0.1, 0.15) is 24.5 Å². The van der Waals surface area contributed by atoms with Crippen molar-refractivity contribution in [3.8, 4) is 0 Å². The number of halogens is 2. The molecule has 1 nitrogen and oxygen atoms in total. The molecule has 1 unspecified atom stereocenters. The van der Waals surface area contributed by atoms with E-state index in [1.54, 1.807) is 31.2 Å². The second kappa shape index (κ2) is 4.05.